The number of amides is 1. The Morgan fingerprint density at radius 3 is 2.50 bits per heavy atom. The van der Waals surface area contributed by atoms with Crippen molar-refractivity contribution in [1.29, 1.82) is 0 Å². The maximum absolute atomic E-state index is 11.7. The first kappa shape index (κ1) is 12.2. The fraction of sp³-hybridized carbons (Fsp3) is 0.214. The number of hydrogen-bond donors (Lipinski definition) is 1. The van der Waals surface area contributed by atoms with Gasteiger partial charge in [-0.2, -0.15) is 0 Å². The van der Waals surface area contributed by atoms with Crippen LogP contribution in [0.2, 0.25) is 0 Å². The van der Waals surface area contributed by atoms with E-state index in [9.17, 15) is 4.79 Å². The molecule has 0 spiro atoms. The highest BCUT2D eigenvalue weighted by molar-refractivity contribution is 6.00. The predicted octanol–water partition coefficient (Wildman–Crippen LogP) is 2.78. The minimum atomic E-state index is -0.0405. The third-order valence-electron chi connectivity index (χ3n) is 2.52. The van der Waals surface area contributed by atoms with Crippen LogP contribution in [0.15, 0.2) is 48.6 Å². The van der Waals surface area contributed by atoms with E-state index in [-0.39, 0.29) is 5.91 Å². The lowest BCUT2D eigenvalue weighted by molar-refractivity contribution is -0.117. The van der Waals surface area contributed by atoms with Gasteiger partial charge in [0.05, 0.1) is 0 Å². The van der Waals surface area contributed by atoms with E-state index in [1.807, 2.05) is 44.2 Å². The van der Waals surface area contributed by atoms with Gasteiger partial charge in [0, 0.05) is 12.1 Å². The van der Waals surface area contributed by atoms with Crippen LogP contribution in [0.1, 0.15) is 19.4 Å². The molecule has 1 aromatic rings. The van der Waals surface area contributed by atoms with E-state index in [4.69, 9.17) is 0 Å². The van der Waals surface area contributed by atoms with E-state index in [2.05, 4.69) is 11.9 Å². The summed E-state index contributed by atoms with van der Waals surface area (Å²) in [6.45, 7) is 7.85. The number of benzene rings is 1. The molecular weight excluding hydrogens is 198 g/mol. The molecule has 0 heterocycles. The Balaban J connectivity index is 2.88. The van der Waals surface area contributed by atoms with Crippen molar-refractivity contribution in [2.75, 3.05) is 6.54 Å². The average molecular weight is 215 g/mol. The SMILES string of the molecule is C=CCNC(=O)/C(C)=C(/C)c1ccccc1. The molecule has 0 fully saturated rings. The molecule has 84 valence electrons. The maximum Gasteiger partial charge on any atom is 0.247 e. The largest absolute Gasteiger partial charge is 0.349 e. The Morgan fingerprint density at radius 2 is 1.94 bits per heavy atom. The smallest absolute Gasteiger partial charge is 0.247 e. The summed E-state index contributed by atoms with van der Waals surface area (Å²) in [6.07, 6.45) is 1.67. The second-order valence-corrected chi connectivity index (χ2v) is 3.61. The average Bonchev–Trinajstić information content (AvgIpc) is 2.35. The number of hydrogen-bond acceptors (Lipinski definition) is 1. The summed E-state index contributed by atoms with van der Waals surface area (Å²) in [5, 5.41) is 2.77. The van der Waals surface area contributed by atoms with Crippen molar-refractivity contribution in [3.8, 4) is 0 Å². The number of allylic oxidation sites excluding steroid dienone is 1. The third kappa shape index (κ3) is 3.09. The molecule has 1 aromatic carbocycles. The normalized spacial score (nSPS) is 11.6. The van der Waals surface area contributed by atoms with Gasteiger partial charge < -0.3 is 5.32 Å². The zero-order chi connectivity index (χ0) is 12.0. The van der Waals surface area contributed by atoms with Gasteiger partial charge in [-0.15, -0.1) is 6.58 Å². The van der Waals surface area contributed by atoms with Crippen LogP contribution < -0.4 is 5.32 Å². The molecular formula is C14H17NO. The van der Waals surface area contributed by atoms with Crippen molar-refractivity contribution in [3.63, 3.8) is 0 Å². The van der Waals surface area contributed by atoms with Crippen molar-refractivity contribution >= 4 is 11.5 Å². The molecule has 1 N–H and O–H groups in total. The standard InChI is InChI=1S/C14H17NO/c1-4-10-15-14(16)12(3)11(2)13-8-6-5-7-9-13/h4-9H,1,10H2,2-3H3,(H,15,16)/b12-11-. The van der Waals surface area contributed by atoms with Crippen LogP contribution in [0, 0.1) is 0 Å². The second kappa shape index (κ2) is 5.91. The fourth-order valence-corrected chi connectivity index (χ4v) is 1.37. The highest BCUT2D eigenvalue weighted by atomic mass is 16.1. The first-order valence-electron chi connectivity index (χ1n) is 5.28. The van der Waals surface area contributed by atoms with Crippen LogP contribution in [-0.2, 0) is 4.79 Å². The number of carbonyl (C=O) groups excluding carboxylic acids is 1. The van der Waals surface area contributed by atoms with Gasteiger partial charge in [0.15, 0.2) is 0 Å². The monoisotopic (exact) mass is 215 g/mol. The second-order valence-electron chi connectivity index (χ2n) is 3.61. The van der Waals surface area contributed by atoms with Gasteiger partial charge in [-0.3, -0.25) is 4.79 Å². The molecule has 1 amide bonds. The van der Waals surface area contributed by atoms with E-state index in [1.54, 1.807) is 6.08 Å². The molecule has 0 atom stereocenters. The number of carbonyl (C=O) groups is 1. The molecule has 1 rings (SSSR count). The lowest BCUT2D eigenvalue weighted by Crippen LogP contribution is -2.24. The molecule has 0 unspecified atom stereocenters. The van der Waals surface area contributed by atoms with Gasteiger partial charge in [0.25, 0.3) is 0 Å². The molecule has 0 bridgehead atoms. The molecule has 16 heavy (non-hydrogen) atoms. The Hall–Kier alpha value is -1.83. The van der Waals surface area contributed by atoms with Gasteiger partial charge in [-0.05, 0) is 25.0 Å². The van der Waals surface area contributed by atoms with Crippen LogP contribution in [-0.4, -0.2) is 12.5 Å². The van der Waals surface area contributed by atoms with Crippen molar-refractivity contribution < 1.29 is 4.79 Å². The maximum atomic E-state index is 11.7. The third-order valence-corrected chi connectivity index (χ3v) is 2.52. The van der Waals surface area contributed by atoms with Crippen LogP contribution in [0.25, 0.3) is 5.57 Å². The minimum Gasteiger partial charge on any atom is -0.349 e. The van der Waals surface area contributed by atoms with E-state index in [0.717, 1.165) is 16.7 Å². The fourth-order valence-electron chi connectivity index (χ4n) is 1.37. The molecule has 0 aliphatic rings. The topological polar surface area (TPSA) is 29.1 Å². The zero-order valence-electron chi connectivity index (χ0n) is 9.79. The zero-order valence-corrected chi connectivity index (χ0v) is 9.79. The van der Waals surface area contributed by atoms with E-state index < -0.39 is 0 Å². The van der Waals surface area contributed by atoms with E-state index >= 15 is 0 Å². The van der Waals surface area contributed by atoms with Crippen LogP contribution in [0.5, 0.6) is 0 Å². The van der Waals surface area contributed by atoms with Gasteiger partial charge in [0.1, 0.15) is 0 Å². The Labute approximate surface area is 96.7 Å². The molecule has 2 heteroatoms. The molecule has 0 aromatic heterocycles. The molecule has 0 aliphatic heterocycles. The summed E-state index contributed by atoms with van der Waals surface area (Å²) in [4.78, 5) is 11.7. The quantitative estimate of drug-likeness (QED) is 0.607. The summed E-state index contributed by atoms with van der Waals surface area (Å²) >= 11 is 0. The Morgan fingerprint density at radius 1 is 1.31 bits per heavy atom. The summed E-state index contributed by atoms with van der Waals surface area (Å²) in [5.41, 5.74) is 2.82. The van der Waals surface area contributed by atoms with E-state index in [0.29, 0.717) is 6.54 Å². The number of nitrogens with one attached hydrogen (secondary N) is 1. The molecule has 0 saturated carbocycles. The highest BCUT2D eigenvalue weighted by Gasteiger charge is 2.07. The van der Waals surface area contributed by atoms with Crippen molar-refractivity contribution in [2.24, 2.45) is 0 Å². The van der Waals surface area contributed by atoms with Gasteiger partial charge in [-0.25, -0.2) is 0 Å². The van der Waals surface area contributed by atoms with Crippen molar-refractivity contribution in [2.45, 2.75) is 13.8 Å². The minimum absolute atomic E-state index is 0.0405. The van der Waals surface area contributed by atoms with Gasteiger partial charge in [-0.1, -0.05) is 36.4 Å². The summed E-state index contributed by atoms with van der Waals surface area (Å²) < 4.78 is 0. The van der Waals surface area contributed by atoms with Crippen molar-refractivity contribution in [3.05, 3.63) is 54.1 Å². The van der Waals surface area contributed by atoms with Crippen molar-refractivity contribution in [1.82, 2.24) is 5.32 Å². The van der Waals surface area contributed by atoms with Gasteiger partial charge in [0.2, 0.25) is 5.91 Å². The predicted molar refractivity (Wildman–Crippen MR) is 67.9 cm³/mol. The lowest BCUT2D eigenvalue weighted by Gasteiger charge is -2.08. The Bertz CT molecular complexity index is 404. The summed E-state index contributed by atoms with van der Waals surface area (Å²) in [6, 6.07) is 9.89. The molecule has 0 aliphatic carbocycles. The highest BCUT2D eigenvalue weighted by Crippen LogP contribution is 2.17. The summed E-state index contributed by atoms with van der Waals surface area (Å²) in [7, 11) is 0. The number of rotatable bonds is 4. The first-order chi connectivity index (χ1) is 7.66. The van der Waals surface area contributed by atoms with E-state index in [1.165, 1.54) is 0 Å². The Kier molecular flexibility index (Phi) is 4.52. The molecule has 2 nitrogen and oxygen atoms in total. The molecule has 0 saturated heterocycles. The van der Waals surface area contributed by atoms with Crippen LogP contribution in [0.4, 0.5) is 0 Å². The van der Waals surface area contributed by atoms with Crippen LogP contribution in [0.3, 0.4) is 0 Å². The van der Waals surface area contributed by atoms with Gasteiger partial charge >= 0.3 is 0 Å². The van der Waals surface area contributed by atoms with Crippen LogP contribution >= 0.6 is 0 Å². The first-order valence-corrected chi connectivity index (χ1v) is 5.28. The lowest BCUT2D eigenvalue weighted by atomic mass is 10.0. The molecule has 0 radical (unpaired) electrons. The summed E-state index contributed by atoms with van der Waals surface area (Å²) in [5.74, 6) is -0.0405.